The molecule has 30 heavy (non-hydrogen) atoms. The number of hydroxylamine groups is 2. The van der Waals surface area contributed by atoms with Crippen LogP contribution in [0.15, 0.2) is 52.5 Å². The SMILES string of the molecule is CN1OC(Cn2cnc3nnn(C)c3c2=O)=NC1[C@H]1[C@@H]2C=C(c3ccccc3)C[C@@H]21. The third kappa shape index (κ3) is 2.62. The molecule has 152 valence electrons. The highest BCUT2D eigenvalue weighted by Gasteiger charge is 2.58. The van der Waals surface area contributed by atoms with E-state index in [2.05, 4.69) is 45.6 Å². The van der Waals surface area contributed by atoms with Gasteiger partial charge in [0.25, 0.3) is 5.56 Å². The van der Waals surface area contributed by atoms with Crippen LogP contribution in [0.3, 0.4) is 0 Å². The van der Waals surface area contributed by atoms with Gasteiger partial charge in [0.05, 0.1) is 0 Å². The number of aryl methyl sites for hydroxylation is 1. The molecule has 9 heteroatoms. The Morgan fingerprint density at radius 2 is 2.03 bits per heavy atom. The van der Waals surface area contributed by atoms with Crippen LogP contribution in [-0.4, -0.2) is 48.7 Å². The summed E-state index contributed by atoms with van der Waals surface area (Å²) in [6.45, 7) is 0.237. The van der Waals surface area contributed by atoms with Gasteiger partial charge in [0, 0.05) is 20.0 Å². The molecule has 2 aliphatic carbocycles. The van der Waals surface area contributed by atoms with E-state index in [4.69, 9.17) is 9.83 Å². The Labute approximate surface area is 172 Å². The van der Waals surface area contributed by atoms with Gasteiger partial charge in [0.2, 0.25) is 11.5 Å². The molecule has 0 amide bonds. The summed E-state index contributed by atoms with van der Waals surface area (Å²) in [7, 11) is 3.59. The summed E-state index contributed by atoms with van der Waals surface area (Å²) in [5.74, 6) is 2.14. The van der Waals surface area contributed by atoms with Gasteiger partial charge < -0.3 is 4.84 Å². The highest BCUT2D eigenvalue weighted by atomic mass is 16.7. The van der Waals surface area contributed by atoms with E-state index in [9.17, 15) is 4.79 Å². The Hall–Kier alpha value is -3.33. The molecule has 0 bridgehead atoms. The molecule has 1 aromatic carbocycles. The number of benzene rings is 1. The molecule has 2 aromatic heterocycles. The fraction of sp³-hybridized carbons (Fsp3) is 0.381. The molecule has 0 saturated heterocycles. The van der Waals surface area contributed by atoms with E-state index in [-0.39, 0.29) is 18.3 Å². The van der Waals surface area contributed by atoms with Crippen molar-refractivity contribution >= 4 is 22.6 Å². The topological polar surface area (TPSA) is 90.4 Å². The smallest absolute Gasteiger partial charge is 0.281 e. The molecule has 3 aromatic rings. The van der Waals surface area contributed by atoms with E-state index in [1.54, 1.807) is 7.05 Å². The number of allylic oxidation sites excluding steroid dienone is 2. The maximum atomic E-state index is 12.7. The second-order valence-electron chi connectivity index (χ2n) is 8.22. The van der Waals surface area contributed by atoms with E-state index in [0.29, 0.717) is 34.8 Å². The lowest BCUT2D eigenvalue weighted by Gasteiger charge is -2.17. The van der Waals surface area contributed by atoms with E-state index in [1.165, 1.54) is 26.7 Å². The van der Waals surface area contributed by atoms with Gasteiger partial charge in [-0.05, 0) is 29.4 Å². The molecule has 1 fully saturated rings. The van der Waals surface area contributed by atoms with Crippen LogP contribution in [0.2, 0.25) is 0 Å². The van der Waals surface area contributed by atoms with E-state index in [1.807, 2.05) is 18.2 Å². The number of nitrogens with zero attached hydrogens (tertiary/aromatic N) is 7. The fourth-order valence-corrected chi connectivity index (χ4v) is 4.88. The third-order valence-corrected chi connectivity index (χ3v) is 6.43. The first kappa shape index (κ1) is 17.5. The quantitative estimate of drug-likeness (QED) is 0.655. The minimum atomic E-state index is -0.205. The van der Waals surface area contributed by atoms with Crippen LogP contribution in [0.1, 0.15) is 12.0 Å². The summed E-state index contributed by atoms with van der Waals surface area (Å²) in [5, 5.41) is 9.56. The number of hydrogen-bond donors (Lipinski definition) is 0. The van der Waals surface area contributed by atoms with Gasteiger partial charge >= 0.3 is 0 Å². The summed E-state index contributed by atoms with van der Waals surface area (Å²) in [4.78, 5) is 27.6. The van der Waals surface area contributed by atoms with Crippen molar-refractivity contribution in [2.45, 2.75) is 19.1 Å². The Morgan fingerprint density at radius 1 is 1.20 bits per heavy atom. The normalized spacial score (nSPS) is 27.7. The number of aromatic nitrogens is 5. The summed E-state index contributed by atoms with van der Waals surface area (Å²) in [6.07, 6.45) is 4.94. The van der Waals surface area contributed by atoms with Crippen molar-refractivity contribution in [1.29, 1.82) is 0 Å². The molecular weight excluding hydrogens is 382 g/mol. The van der Waals surface area contributed by atoms with Crippen LogP contribution >= 0.6 is 0 Å². The van der Waals surface area contributed by atoms with Gasteiger partial charge in [-0.25, -0.2) is 14.7 Å². The second-order valence-corrected chi connectivity index (χ2v) is 8.22. The van der Waals surface area contributed by atoms with E-state index in [0.717, 1.165) is 6.42 Å². The van der Waals surface area contributed by atoms with Crippen LogP contribution in [0.25, 0.3) is 16.7 Å². The molecule has 1 saturated carbocycles. The molecule has 0 spiro atoms. The van der Waals surface area contributed by atoms with Crippen LogP contribution in [0.4, 0.5) is 0 Å². The Kier molecular flexibility index (Phi) is 3.70. The molecule has 1 aliphatic heterocycles. The summed E-state index contributed by atoms with van der Waals surface area (Å²) < 4.78 is 2.93. The first-order valence-electron chi connectivity index (χ1n) is 10.1. The molecule has 1 unspecified atom stereocenters. The van der Waals surface area contributed by atoms with Crippen molar-refractivity contribution in [3.05, 3.63) is 58.7 Å². The molecule has 3 aliphatic rings. The van der Waals surface area contributed by atoms with Crippen molar-refractivity contribution in [3.63, 3.8) is 0 Å². The summed E-state index contributed by atoms with van der Waals surface area (Å²) in [5.41, 5.74) is 3.26. The molecule has 3 heterocycles. The maximum Gasteiger partial charge on any atom is 0.281 e. The second kappa shape index (κ2) is 6.33. The zero-order chi connectivity index (χ0) is 20.4. The lowest BCUT2D eigenvalue weighted by molar-refractivity contribution is -0.0671. The Morgan fingerprint density at radius 3 is 2.80 bits per heavy atom. The molecule has 0 N–H and O–H groups in total. The van der Waals surface area contributed by atoms with Crippen LogP contribution in [0, 0.1) is 17.8 Å². The van der Waals surface area contributed by atoms with Crippen molar-refractivity contribution in [1.82, 2.24) is 29.6 Å². The lowest BCUT2D eigenvalue weighted by atomic mass is 10.0. The highest BCUT2D eigenvalue weighted by Crippen LogP contribution is 2.60. The van der Waals surface area contributed by atoms with Crippen LogP contribution in [-0.2, 0) is 18.4 Å². The van der Waals surface area contributed by atoms with Crippen molar-refractivity contribution in [2.75, 3.05) is 7.05 Å². The first-order chi connectivity index (χ1) is 14.6. The van der Waals surface area contributed by atoms with Crippen molar-refractivity contribution in [2.24, 2.45) is 29.8 Å². The van der Waals surface area contributed by atoms with Crippen LogP contribution in [0.5, 0.6) is 0 Å². The number of hydrogen-bond acceptors (Lipinski definition) is 7. The molecule has 9 nitrogen and oxygen atoms in total. The maximum absolute atomic E-state index is 12.7. The largest absolute Gasteiger partial charge is 0.387 e. The molecule has 6 rings (SSSR count). The van der Waals surface area contributed by atoms with Crippen molar-refractivity contribution < 1.29 is 4.84 Å². The van der Waals surface area contributed by atoms with Gasteiger partial charge in [-0.3, -0.25) is 9.36 Å². The van der Waals surface area contributed by atoms with Gasteiger partial charge in [0.1, 0.15) is 19.0 Å². The lowest BCUT2D eigenvalue weighted by Crippen LogP contribution is -2.29. The summed E-state index contributed by atoms with van der Waals surface area (Å²) in [6, 6.07) is 10.6. The first-order valence-corrected chi connectivity index (χ1v) is 10.1. The number of rotatable bonds is 4. The fourth-order valence-electron chi connectivity index (χ4n) is 4.88. The Balaban J connectivity index is 1.21. The molecular formula is C21H21N7O2. The minimum absolute atomic E-state index is 0.0191. The average Bonchev–Trinajstić information content (AvgIpc) is 3.11. The highest BCUT2D eigenvalue weighted by molar-refractivity contribution is 5.78. The van der Waals surface area contributed by atoms with Gasteiger partial charge in [0.15, 0.2) is 5.52 Å². The number of fused-ring (bicyclic) bond motifs is 2. The van der Waals surface area contributed by atoms with Gasteiger partial charge in [-0.1, -0.05) is 41.6 Å². The third-order valence-electron chi connectivity index (χ3n) is 6.43. The average molecular weight is 403 g/mol. The predicted octanol–water partition coefficient (Wildman–Crippen LogP) is 1.48. The molecule has 4 atom stereocenters. The monoisotopic (exact) mass is 403 g/mol. The van der Waals surface area contributed by atoms with Crippen LogP contribution < -0.4 is 5.56 Å². The van der Waals surface area contributed by atoms with Gasteiger partial charge in [-0.2, -0.15) is 0 Å². The minimum Gasteiger partial charge on any atom is -0.387 e. The van der Waals surface area contributed by atoms with Crippen molar-refractivity contribution in [3.8, 4) is 0 Å². The standard InChI is InChI=1S/C21H21N7O2/c1-26-18-19(24-25-26)22-11-28(21(18)29)10-16-23-20(27(2)30-16)17-14-8-13(9-15(14)17)12-6-4-3-5-7-12/h3-8,11,14-15,17,20H,9-10H2,1-2H3/t14-,15+,17+,20?/m1/s1. The zero-order valence-corrected chi connectivity index (χ0v) is 16.7. The van der Waals surface area contributed by atoms with E-state index < -0.39 is 0 Å². The zero-order valence-electron chi connectivity index (χ0n) is 16.7. The van der Waals surface area contributed by atoms with Gasteiger partial charge in [-0.15, -0.1) is 10.2 Å². The summed E-state index contributed by atoms with van der Waals surface area (Å²) >= 11 is 0. The predicted molar refractivity (Wildman–Crippen MR) is 110 cm³/mol. The molecule has 0 radical (unpaired) electrons. The number of aliphatic imine (C=N–C) groups is 1. The Bertz CT molecular complexity index is 1260. The van der Waals surface area contributed by atoms with E-state index >= 15 is 0 Å².